The van der Waals surface area contributed by atoms with Gasteiger partial charge in [-0.2, -0.15) is 4.98 Å². The molecule has 3 aromatic rings. The van der Waals surface area contributed by atoms with Gasteiger partial charge in [-0.05, 0) is 23.8 Å². The summed E-state index contributed by atoms with van der Waals surface area (Å²) < 4.78 is 6.47. The molecule has 0 bridgehead atoms. The van der Waals surface area contributed by atoms with E-state index in [0.29, 0.717) is 12.1 Å². The molecule has 1 heterocycles. The smallest absolute Gasteiger partial charge is 0.298 e. The maximum absolute atomic E-state index is 10.9. The minimum atomic E-state index is -0.469. The van der Waals surface area contributed by atoms with Crippen molar-refractivity contribution in [3.63, 3.8) is 0 Å². The van der Waals surface area contributed by atoms with E-state index in [-0.39, 0.29) is 17.2 Å². The molecule has 106 valence electrons. The number of nitro benzene ring substituents is 1. The molecule has 0 radical (unpaired) electrons. The van der Waals surface area contributed by atoms with Crippen molar-refractivity contribution in [2.24, 2.45) is 0 Å². The van der Waals surface area contributed by atoms with Gasteiger partial charge in [-0.15, -0.1) is 0 Å². The first-order valence-corrected chi connectivity index (χ1v) is 6.95. The van der Waals surface area contributed by atoms with Gasteiger partial charge >= 0.3 is 0 Å². The third-order valence-corrected chi connectivity index (χ3v) is 3.48. The summed E-state index contributed by atoms with van der Waals surface area (Å²) in [5, 5.41) is 14.0. The molecule has 0 unspecified atom stereocenters. The molecule has 0 amide bonds. The summed E-state index contributed by atoms with van der Waals surface area (Å²) in [4.78, 5) is 14.6. The average Bonchev–Trinajstić information content (AvgIpc) is 2.89. The fourth-order valence-electron chi connectivity index (χ4n) is 1.94. The van der Waals surface area contributed by atoms with Crippen LogP contribution in [0.4, 0.5) is 11.7 Å². The lowest BCUT2D eigenvalue weighted by Gasteiger charge is -2.01. The molecule has 6 nitrogen and oxygen atoms in total. The Labute approximate surface area is 128 Å². The van der Waals surface area contributed by atoms with E-state index in [1.54, 1.807) is 12.1 Å². The largest absolute Gasteiger partial charge is 0.423 e. The van der Waals surface area contributed by atoms with Crippen LogP contribution in [-0.2, 0) is 6.54 Å². The maximum atomic E-state index is 10.9. The highest BCUT2D eigenvalue weighted by Gasteiger charge is 2.17. The van der Waals surface area contributed by atoms with Gasteiger partial charge in [0.2, 0.25) is 0 Å². The van der Waals surface area contributed by atoms with Gasteiger partial charge in [-0.1, -0.05) is 34.1 Å². The van der Waals surface area contributed by atoms with Crippen LogP contribution >= 0.6 is 15.9 Å². The number of non-ortho nitro benzene ring substituents is 1. The lowest BCUT2D eigenvalue weighted by Crippen LogP contribution is -1.99. The predicted molar refractivity (Wildman–Crippen MR) is 82.1 cm³/mol. The summed E-state index contributed by atoms with van der Waals surface area (Å²) >= 11 is 3.37. The van der Waals surface area contributed by atoms with Crippen LogP contribution in [0.1, 0.15) is 5.56 Å². The van der Waals surface area contributed by atoms with Crippen LogP contribution in [0, 0.1) is 10.1 Å². The van der Waals surface area contributed by atoms with Gasteiger partial charge in [-0.25, -0.2) is 0 Å². The molecule has 0 aliphatic rings. The van der Waals surface area contributed by atoms with Crippen LogP contribution < -0.4 is 5.32 Å². The summed E-state index contributed by atoms with van der Waals surface area (Å²) in [7, 11) is 0. The molecule has 0 aliphatic carbocycles. The summed E-state index contributed by atoms with van der Waals surface area (Å²) in [5.74, 6) is 0. The van der Waals surface area contributed by atoms with Crippen molar-refractivity contribution in [1.29, 1.82) is 0 Å². The second-order valence-electron chi connectivity index (χ2n) is 4.38. The Morgan fingerprint density at radius 1 is 1.24 bits per heavy atom. The van der Waals surface area contributed by atoms with Gasteiger partial charge in [0.25, 0.3) is 11.7 Å². The number of nitrogens with zero attached hydrogens (tertiary/aromatic N) is 2. The second kappa shape index (κ2) is 5.53. The molecule has 2 aromatic carbocycles. The number of hydrogen-bond donors (Lipinski definition) is 1. The first kappa shape index (κ1) is 13.6. The van der Waals surface area contributed by atoms with E-state index < -0.39 is 4.92 Å². The highest BCUT2D eigenvalue weighted by Crippen LogP contribution is 2.27. The molecule has 7 heteroatoms. The Bertz CT molecular complexity index is 799. The zero-order valence-corrected chi connectivity index (χ0v) is 12.3. The summed E-state index contributed by atoms with van der Waals surface area (Å²) in [6, 6.07) is 12.7. The Hall–Kier alpha value is -2.41. The molecule has 0 saturated carbocycles. The Balaban J connectivity index is 1.83. The van der Waals surface area contributed by atoms with Crippen molar-refractivity contribution in [2.75, 3.05) is 5.32 Å². The van der Waals surface area contributed by atoms with Crippen LogP contribution in [0.3, 0.4) is 0 Å². The number of oxazole rings is 1. The summed E-state index contributed by atoms with van der Waals surface area (Å²) in [6.07, 6.45) is 0. The fraction of sp³-hybridized carbons (Fsp3) is 0.0714. The van der Waals surface area contributed by atoms with Gasteiger partial charge in [-0.3, -0.25) is 10.1 Å². The Morgan fingerprint density at radius 2 is 2.00 bits per heavy atom. The van der Waals surface area contributed by atoms with Crippen molar-refractivity contribution < 1.29 is 9.34 Å². The topological polar surface area (TPSA) is 81.2 Å². The van der Waals surface area contributed by atoms with E-state index >= 15 is 0 Å². The molecular weight excluding hydrogens is 338 g/mol. The monoisotopic (exact) mass is 347 g/mol. The Kier molecular flexibility index (Phi) is 3.57. The number of rotatable bonds is 4. The lowest BCUT2D eigenvalue weighted by atomic mass is 10.2. The third-order valence-electron chi connectivity index (χ3n) is 2.95. The zero-order chi connectivity index (χ0) is 14.8. The fourth-order valence-corrected chi connectivity index (χ4v) is 2.20. The van der Waals surface area contributed by atoms with Gasteiger partial charge in [0.05, 0.1) is 4.92 Å². The molecule has 0 atom stereocenters. The SMILES string of the molecule is O=[N+]([O-])c1cccc2oc(NCc3ccc(Br)cc3)nc12. The van der Waals surface area contributed by atoms with Gasteiger partial charge in [0, 0.05) is 17.1 Å². The first-order valence-electron chi connectivity index (χ1n) is 6.16. The highest BCUT2D eigenvalue weighted by atomic mass is 79.9. The first-order chi connectivity index (χ1) is 10.1. The third kappa shape index (κ3) is 2.87. The standard InChI is InChI=1S/C14H10BrN3O3/c15-10-6-4-9(5-7-10)8-16-14-17-13-11(18(19)20)2-1-3-12(13)21-14/h1-7H,8H2,(H,16,17). The van der Waals surface area contributed by atoms with Crippen molar-refractivity contribution >= 4 is 38.7 Å². The average molecular weight is 348 g/mol. The highest BCUT2D eigenvalue weighted by molar-refractivity contribution is 9.10. The summed E-state index contributed by atoms with van der Waals surface area (Å²) in [6.45, 7) is 0.522. The molecule has 1 N–H and O–H groups in total. The zero-order valence-electron chi connectivity index (χ0n) is 10.7. The normalized spacial score (nSPS) is 10.7. The number of hydrogen-bond acceptors (Lipinski definition) is 5. The number of halogens is 1. The van der Waals surface area contributed by atoms with Crippen LogP contribution in [0.2, 0.25) is 0 Å². The number of nitrogens with one attached hydrogen (secondary N) is 1. The van der Waals surface area contributed by atoms with Crippen LogP contribution in [0.25, 0.3) is 11.1 Å². The molecule has 21 heavy (non-hydrogen) atoms. The number of para-hydroxylation sites is 1. The lowest BCUT2D eigenvalue weighted by molar-refractivity contribution is -0.383. The van der Waals surface area contributed by atoms with E-state index in [9.17, 15) is 10.1 Å². The van der Waals surface area contributed by atoms with E-state index in [0.717, 1.165) is 10.0 Å². The van der Waals surface area contributed by atoms with E-state index in [1.807, 2.05) is 24.3 Å². The minimum absolute atomic E-state index is 0.0621. The second-order valence-corrected chi connectivity index (χ2v) is 5.30. The quantitative estimate of drug-likeness (QED) is 0.567. The van der Waals surface area contributed by atoms with Crippen LogP contribution in [0.15, 0.2) is 51.4 Å². The molecule has 3 rings (SSSR count). The van der Waals surface area contributed by atoms with Crippen LogP contribution in [-0.4, -0.2) is 9.91 Å². The van der Waals surface area contributed by atoms with Gasteiger partial charge in [0.1, 0.15) is 0 Å². The minimum Gasteiger partial charge on any atom is -0.423 e. The number of benzene rings is 2. The molecule has 0 aliphatic heterocycles. The number of fused-ring (bicyclic) bond motifs is 1. The van der Waals surface area contributed by atoms with Crippen molar-refractivity contribution in [2.45, 2.75) is 6.54 Å². The number of aromatic nitrogens is 1. The maximum Gasteiger partial charge on any atom is 0.298 e. The van der Waals surface area contributed by atoms with E-state index in [4.69, 9.17) is 4.42 Å². The molecule has 0 spiro atoms. The van der Waals surface area contributed by atoms with Crippen molar-refractivity contribution in [3.8, 4) is 0 Å². The van der Waals surface area contributed by atoms with Gasteiger partial charge in [0.15, 0.2) is 11.1 Å². The number of nitro groups is 1. The molecule has 1 aromatic heterocycles. The molecular formula is C14H10BrN3O3. The van der Waals surface area contributed by atoms with Crippen molar-refractivity contribution in [1.82, 2.24) is 4.98 Å². The van der Waals surface area contributed by atoms with E-state index in [2.05, 4.69) is 26.2 Å². The van der Waals surface area contributed by atoms with Gasteiger partial charge < -0.3 is 9.73 Å². The van der Waals surface area contributed by atoms with Crippen LogP contribution in [0.5, 0.6) is 0 Å². The summed E-state index contributed by atoms with van der Waals surface area (Å²) in [5.41, 5.74) is 1.63. The molecule has 0 saturated heterocycles. The predicted octanol–water partition coefficient (Wildman–Crippen LogP) is 4.11. The number of anilines is 1. The molecule has 0 fully saturated rings. The Morgan fingerprint density at radius 3 is 2.71 bits per heavy atom. The van der Waals surface area contributed by atoms with Crippen molar-refractivity contribution in [3.05, 3.63) is 62.6 Å². The van der Waals surface area contributed by atoms with E-state index in [1.165, 1.54) is 6.07 Å².